The molecule has 5 heteroatoms. The van der Waals surface area contributed by atoms with Gasteiger partial charge in [0.1, 0.15) is 12.2 Å². The van der Waals surface area contributed by atoms with E-state index in [1.54, 1.807) is 6.33 Å². The van der Waals surface area contributed by atoms with Crippen LogP contribution in [-0.4, -0.2) is 27.0 Å². The molecule has 0 aromatic carbocycles. The molecule has 0 aliphatic carbocycles. The second-order valence-corrected chi connectivity index (χ2v) is 4.23. The molecule has 0 radical (unpaired) electrons. The lowest BCUT2D eigenvalue weighted by Crippen LogP contribution is -2.21. The Morgan fingerprint density at radius 3 is 3.14 bits per heavy atom. The number of rotatable bonds is 2. The minimum Gasteiger partial charge on any atom is -0.373 e. The molecule has 0 N–H and O–H groups in total. The van der Waals surface area contributed by atoms with E-state index in [1.807, 2.05) is 0 Å². The number of ether oxygens (including phenoxy) is 1. The lowest BCUT2D eigenvalue weighted by atomic mass is 9.95. The fourth-order valence-electron chi connectivity index (χ4n) is 2.54. The van der Waals surface area contributed by atoms with E-state index in [4.69, 9.17) is 16.3 Å². The molecule has 2 aliphatic heterocycles. The molecule has 2 aliphatic rings. The van der Waals surface area contributed by atoms with Gasteiger partial charge < -0.3 is 9.30 Å². The van der Waals surface area contributed by atoms with Gasteiger partial charge in [-0.1, -0.05) is 0 Å². The van der Waals surface area contributed by atoms with Crippen molar-refractivity contribution >= 4 is 11.6 Å². The van der Waals surface area contributed by atoms with E-state index < -0.39 is 0 Å². The van der Waals surface area contributed by atoms with E-state index in [0.717, 1.165) is 18.7 Å². The Labute approximate surface area is 87.2 Å². The first-order valence-corrected chi connectivity index (χ1v) is 5.51. The third-order valence-electron chi connectivity index (χ3n) is 3.20. The maximum atomic E-state index is 5.79. The summed E-state index contributed by atoms with van der Waals surface area (Å²) in [6.45, 7) is 0. The molecular weight excluding hydrogens is 202 g/mol. The van der Waals surface area contributed by atoms with Crippen molar-refractivity contribution in [2.24, 2.45) is 0 Å². The van der Waals surface area contributed by atoms with Crippen LogP contribution in [-0.2, 0) is 10.6 Å². The number of aromatic nitrogens is 3. The summed E-state index contributed by atoms with van der Waals surface area (Å²) < 4.78 is 7.87. The summed E-state index contributed by atoms with van der Waals surface area (Å²) in [5, 5.41) is 7.88. The highest BCUT2D eigenvalue weighted by Crippen LogP contribution is 2.41. The molecule has 0 amide bonds. The summed E-state index contributed by atoms with van der Waals surface area (Å²) in [4.78, 5) is 0. The van der Waals surface area contributed by atoms with Gasteiger partial charge in [-0.15, -0.1) is 21.8 Å². The van der Waals surface area contributed by atoms with Crippen LogP contribution in [0.3, 0.4) is 0 Å². The fraction of sp³-hybridized carbons (Fsp3) is 0.778. The second-order valence-electron chi connectivity index (χ2n) is 3.97. The molecule has 1 aromatic rings. The van der Waals surface area contributed by atoms with Crippen LogP contribution in [0.15, 0.2) is 6.33 Å². The van der Waals surface area contributed by atoms with Crippen molar-refractivity contribution in [3.8, 4) is 0 Å². The van der Waals surface area contributed by atoms with Gasteiger partial charge in [-0.05, 0) is 19.3 Å². The van der Waals surface area contributed by atoms with Crippen molar-refractivity contribution in [2.75, 3.05) is 0 Å². The van der Waals surface area contributed by atoms with Gasteiger partial charge in [0.2, 0.25) is 0 Å². The van der Waals surface area contributed by atoms with Gasteiger partial charge in [0.25, 0.3) is 0 Å². The van der Waals surface area contributed by atoms with Crippen LogP contribution in [0.1, 0.15) is 31.1 Å². The molecule has 2 fully saturated rings. The molecule has 0 saturated carbocycles. The average molecular weight is 214 g/mol. The van der Waals surface area contributed by atoms with Gasteiger partial charge in [-0.2, -0.15) is 0 Å². The van der Waals surface area contributed by atoms with Gasteiger partial charge in [0.15, 0.2) is 0 Å². The van der Waals surface area contributed by atoms with Crippen LogP contribution < -0.4 is 0 Å². The number of fused-ring (bicyclic) bond motifs is 2. The summed E-state index contributed by atoms with van der Waals surface area (Å²) in [6, 6.07) is 0.414. The molecule has 0 spiro atoms. The average Bonchev–Trinajstić information content (AvgIpc) is 2.92. The molecule has 2 saturated heterocycles. The summed E-state index contributed by atoms with van der Waals surface area (Å²) in [5.74, 6) is 1.28. The van der Waals surface area contributed by atoms with E-state index in [-0.39, 0.29) is 0 Å². The maximum Gasteiger partial charge on any atom is 0.148 e. The minimum absolute atomic E-state index is 0.359. The lowest BCUT2D eigenvalue weighted by Gasteiger charge is -2.20. The topological polar surface area (TPSA) is 39.9 Å². The zero-order valence-corrected chi connectivity index (χ0v) is 8.52. The predicted molar refractivity (Wildman–Crippen MR) is 51.1 cm³/mol. The number of halogens is 1. The summed E-state index contributed by atoms with van der Waals surface area (Å²) in [6.07, 6.45) is 6.04. The Hall–Kier alpha value is -0.610. The van der Waals surface area contributed by atoms with Crippen LogP contribution in [0.25, 0.3) is 0 Å². The number of nitrogens with zero attached hydrogens (tertiary/aromatic N) is 3. The van der Waals surface area contributed by atoms with Gasteiger partial charge >= 0.3 is 0 Å². The number of hydrogen-bond donors (Lipinski definition) is 0. The molecule has 3 atom stereocenters. The molecule has 2 bridgehead atoms. The fourth-order valence-corrected chi connectivity index (χ4v) is 2.73. The number of hydrogen-bond acceptors (Lipinski definition) is 3. The molecule has 3 heterocycles. The monoisotopic (exact) mass is 213 g/mol. The molecule has 76 valence electrons. The van der Waals surface area contributed by atoms with E-state index in [9.17, 15) is 0 Å². The smallest absolute Gasteiger partial charge is 0.148 e. The molecular formula is C9H12ClN3O. The highest BCUT2D eigenvalue weighted by molar-refractivity contribution is 6.16. The van der Waals surface area contributed by atoms with E-state index in [1.165, 1.54) is 6.42 Å². The van der Waals surface area contributed by atoms with Crippen LogP contribution >= 0.6 is 11.6 Å². The van der Waals surface area contributed by atoms with Crippen LogP contribution in [0.4, 0.5) is 0 Å². The van der Waals surface area contributed by atoms with Crippen molar-refractivity contribution in [2.45, 2.75) is 43.4 Å². The maximum absolute atomic E-state index is 5.79. The standard InChI is InChI=1S/C9H12ClN3O/c10-4-9-12-11-5-13(9)7-3-6-1-2-8(7)14-6/h5-8H,1-4H2. The molecule has 14 heavy (non-hydrogen) atoms. The molecule has 4 nitrogen and oxygen atoms in total. The van der Waals surface area contributed by atoms with Gasteiger partial charge in [-0.3, -0.25) is 0 Å². The second kappa shape index (κ2) is 3.21. The largest absolute Gasteiger partial charge is 0.373 e. The van der Waals surface area contributed by atoms with Crippen LogP contribution in [0.5, 0.6) is 0 Å². The summed E-state index contributed by atoms with van der Waals surface area (Å²) in [7, 11) is 0. The van der Waals surface area contributed by atoms with Gasteiger partial charge in [-0.25, -0.2) is 0 Å². The van der Waals surface area contributed by atoms with Crippen molar-refractivity contribution in [3.63, 3.8) is 0 Å². The molecule has 3 rings (SSSR count). The first kappa shape index (κ1) is 8.68. The lowest BCUT2D eigenvalue weighted by molar-refractivity contribution is 0.0935. The van der Waals surface area contributed by atoms with E-state index in [2.05, 4.69) is 14.8 Å². The Balaban J connectivity index is 1.89. The van der Waals surface area contributed by atoms with Crippen molar-refractivity contribution in [3.05, 3.63) is 12.2 Å². The van der Waals surface area contributed by atoms with E-state index >= 15 is 0 Å². The van der Waals surface area contributed by atoms with Crippen molar-refractivity contribution in [1.29, 1.82) is 0 Å². The minimum atomic E-state index is 0.359. The third kappa shape index (κ3) is 1.17. The SMILES string of the molecule is ClCc1nncn1C1CC2CCC1O2. The van der Waals surface area contributed by atoms with Gasteiger partial charge in [0.05, 0.1) is 24.1 Å². The quantitative estimate of drug-likeness (QED) is 0.700. The summed E-state index contributed by atoms with van der Waals surface area (Å²) >= 11 is 5.79. The molecule has 1 aromatic heterocycles. The van der Waals surface area contributed by atoms with Crippen LogP contribution in [0, 0.1) is 0 Å². The predicted octanol–water partition coefficient (Wildman–Crippen LogP) is 1.51. The van der Waals surface area contributed by atoms with Crippen molar-refractivity contribution in [1.82, 2.24) is 14.8 Å². The van der Waals surface area contributed by atoms with E-state index in [0.29, 0.717) is 24.1 Å². The zero-order valence-electron chi connectivity index (χ0n) is 7.77. The zero-order chi connectivity index (χ0) is 9.54. The summed E-state index contributed by atoms with van der Waals surface area (Å²) in [5.41, 5.74) is 0. The number of alkyl halides is 1. The first-order chi connectivity index (χ1) is 6.88. The highest BCUT2D eigenvalue weighted by atomic mass is 35.5. The normalized spacial score (nSPS) is 35.4. The Morgan fingerprint density at radius 2 is 2.50 bits per heavy atom. The Kier molecular flexibility index (Phi) is 1.99. The van der Waals surface area contributed by atoms with Crippen LogP contribution in [0.2, 0.25) is 0 Å². The first-order valence-electron chi connectivity index (χ1n) is 4.98. The van der Waals surface area contributed by atoms with Crippen molar-refractivity contribution < 1.29 is 4.74 Å². The van der Waals surface area contributed by atoms with Gasteiger partial charge in [0, 0.05) is 0 Å². The molecule has 3 unspecified atom stereocenters. The Bertz CT molecular complexity index is 341. The highest BCUT2D eigenvalue weighted by Gasteiger charge is 2.42. The third-order valence-corrected chi connectivity index (χ3v) is 3.44. The Morgan fingerprint density at radius 1 is 1.57 bits per heavy atom.